The predicted molar refractivity (Wildman–Crippen MR) is 75.6 cm³/mol. The van der Waals surface area contributed by atoms with Crippen molar-refractivity contribution in [2.24, 2.45) is 0 Å². The molecular weight excluding hydrogens is 292 g/mol. The zero-order valence-corrected chi connectivity index (χ0v) is 12.4. The summed E-state index contributed by atoms with van der Waals surface area (Å²) in [5.41, 5.74) is 0.158. The van der Waals surface area contributed by atoms with E-state index in [0.29, 0.717) is 11.5 Å². The number of furan rings is 1. The highest BCUT2D eigenvalue weighted by molar-refractivity contribution is 6.04. The van der Waals surface area contributed by atoms with Gasteiger partial charge in [0.05, 0.1) is 12.7 Å². The number of ether oxygens (including phenoxy) is 2. The van der Waals surface area contributed by atoms with Gasteiger partial charge in [0.1, 0.15) is 30.3 Å². The molecule has 3 atom stereocenters. The van der Waals surface area contributed by atoms with Crippen molar-refractivity contribution in [3.8, 4) is 0 Å². The Labute approximate surface area is 127 Å². The van der Waals surface area contributed by atoms with Gasteiger partial charge in [-0.25, -0.2) is 0 Å². The van der Waals surface area contributed by atoms with Gasteiger partial charge in [0, 0.05) is 5.57 Å². The molecule has 1 aromatic heterocycles. The number of rotatable bonds is 6. The van der Waals surface area contributed by atoms with Crippen molar-refractivity contribution < 1.29 is 34.0 Å². The Morgan fingerprint density at radius 2 is 2.09 bits per heavy atom. The van der Waals surface area contributed by atoms with E-state index in [2.05, 4.69) is 0 Å². The third-order valence-corrected chi connectivity index (χ3v) is 3.14. The van der Waals surface area contributed by atoms with Crippen molar-refractivity contribution >= 4 is 11.9 Å². The smallest absolute Gasteiger partial charge is 0.223 e. The molecule has 1 aliphatic rings. The highest BCUT2D eigenvalue weighted by atomic mass is 16.7. The fraction of sp³-hybridized carbons (Fsp3) is 0.533. The fourth-order valence-corrected chi connectivity index (χ4v) is 2.14. The number of aliphatic hydroxyl groups is 3. The molecule has 1 aliphatic heterocycles. The van der Waals surface area contributed by atoms with Gasteiger partial charge in [-0.1, -0.05) is 0 Å². The minimum Gasteiger partial charge on any atom is -0.459 e. The normalized spacial score (nSPS) is 25.4. The van der Waals surface area contributed by atoms with Crippen molar-refractivity contribution in [1.29, 1.82) is 0 Å². The number of carbonyl (C=O) groups is 1. The van der Waals surface area contributed by atoms with Crippen molar-refractivity contribution in [3.63, 3.8) is 0 Å². The van der Waals surface area contributed by atoms with Crippen LogP contribution in [-0.4, -0.2) is 52.3 Å². The van der Waals surface area contributed by atoms with Crippen LogP contribution in [0.25, 0.3) is 6.08 Å². The second-order valence-electron chi connectivity index (χ2n) is 5.25. The van der Waals surface area contributed by atoms with Gasteiger partial charge in [0.25, 0.3) is 0 Å². The number of Topliss-reactive ketones (excluding diaryl/α,β-unsaturated/α-hetero) is 1. The SMILES string of the molecule is CC(C)OC1O[C@H](C(O)CO)/C(=C/c2ccc(CO)o2)C1=O. The first-order valence-corrected chi connectivity index (χ1v) is 7.01. The molecule has 0 saturated carbocycles. The fourth-order valence-electron chi connectivity index (χ4n) is 2.14. The minimum atomic E-state index is -1.25. The molecule has 0 bridgehead atoms. The Bertz CT molecular complexity index is 546. The summed E-state index contributed by atoms with van der Waals surface area (Å²) in [6.07, 6.45) is -2.17. The minimum absolute atomic E-state index is 0.158. The number of carbonyl (C=O) groups excluding carboxylic acids is 1. The zero-order valence-electron chi connectivity index (χ0n) is 12.4. The molecule has 0 spiro atoms. The van der Waals surface area contributed by atoms with E-state index in [1.165, 1.54) is 6.08 Å². The lowest BCUT2D eigenvalue weighted by Crippen LogP contribution is -2.31. The van der Waals surface area contributed by atoms with E-state index in [4.69, 9.17) is 24.1 Å². The summed E-state index contributed by atoms with van der Waals surface area (Å²) in [4.78, 5) is 12.4. The number of aliphatic hydroxyl groups excluding tert-OH is 3. The maximum atomic E-state index is 12.4. The Morgan fingerprint density at radius 1 is 1.36 bits per heavy atom. The van der Waals surface area contributed by atoms with Gasteiger partial charge in [-0.05, 0) is 32.1 Å². The van der Waals surface area contributed by atoms with Gasteiger partial charge in [0.2, 0.25) is 12.1 Å². The van der Waals surface area contributed by atoms with E-state index in [1.54, 1.807) is 26.0 Å². The van der Waals surface area contributed by atoms with Crippen molar-refractivity contribution in [1.82, 2.24) is 0 Å². The number of ketones is 1. The second-order valence-corrected chi connectivity index (χ2v) is 5.25. The van der Waals surface area contributed by atoms with Gasteiger partial charge in [0.15, 0.2) is 0 Å². The third kappa shape index (κ3) is 3.63. The molecule has 1 aromatic rings. The lowest BCUT2D eigenvalue weighted by Gasteiger charge is -2.17. The first kappa shape index (κ1) is 16.9. The molecule has 0 aromatic carbocycles. The van der Waals surface area contributed by atoms with Gasteiger partial charge in [-0.15, -0.1) is 0 Å². The first-order valence-electron chi connectivity index (χ1n) is 7.01. The molecule has 0 radical (unpaired) electrons. The third-order valence-electron chi connectivity index (χ3n) is 3.14. The molecule has 7 heteroatoms. The van der Waals surface area contributed by atoms with Crippen molar-refractivity contribution in [3.05, 3.63) is 29.2 Å². The van der Waals surface area contributed by atoms with Crippen LogP contribution >= 0.6 is 0 Å². The van der Waals surface area contributed by atoms with Crippen LogP contribution in [0.15, 0.2) is 22.1 Å². The van der Waals surface area contributed by atoms with Gasteiger partial charge < -0.3 is 29.2 Å². The number of hydrogen-bond donors (Lipinski definition) is 3. The van der Waals surface area contributed by atoms with Crippen LogP contribution in [0.2, 0.25) is 0 Å². The molecule has 1 saturated heterocycles. The molecule has 22 heavy (non-hydrogen) atoms. The maximum Gasteiger partial charge on any atom is 0.223 e. The van der Waals surface area contributed by atoms with Crippen LogP contribution in [-0.2, 0) is 20.9 Å². The number of hydrogen-bond acceptors (Lipinski definition) is 7. The first-order chi connectivity index (χ1) is 10.5. The Morgan fingerprint density at radius 3 is 2.64 bits per heavy atom. The summed E-state index contributed by atoms with van der Waals surface area (Å²) in [5, 5.41) is 27.9. The van der Waals surface area contributed by atoms with E-state index in [-0.39, 0.29) is 18.3 Å². The quantitative estimate of drug-likeness (QED) is 0.645. The summed E-state index contributed by atoms with van der Waals surface area (Å²) >= 11 is 0. The van der Waals surface area contributed by atoms with Gasteiger partial charge in [-0.2, -0.15) is 0 Å². The highest BCUT2D eigenvalue weighted by Gasteiger charge is 2.43. The Kier molecular flexibility index (Phi) is 5.49. The van der Waals surface area contributed by atoms with E-state index in [0.717, 1.165) is 0 Å². The summed E-state index contributed by atoms with van der Waals surface area (Å²) in [5.74, 6) is 0.275. The van der Waals surface area contributed by atoms with E-state index >= 15 is 0 Å². The van der Waals surface area contributed by atoms with Crippen molar-refractivity contribution in [2.75, 3.05) is 6.61 Å². The second kappa shape index (κ2) is 7.17. The van der Waals surface area contributed by atoms with Crippen molar-refractivity contribution in [2.45, 2.75) is 45.1 Å². The maximum absolute atomic E-state index is 12.4. The highest BCUT2D eigenvalue weighted by Crippen LogP contribution is 2.29. The van der Waals surface area contributed by atoms with Crippen LogP contribution in [0.3, 0.4) is 0 Å². The molecule has 2 unspecified atom stereocenters. The Balaban J connectivity index is 2.29. The standard InChI is InChI=1S/C15H20O7/c1-8(2)20-15-13(19)11(14(22-15)12(18)7-17)5-9-3-4-10(6-16)21-9/h3-5,8,12,14-18H,6-7H2,1-2H3/b11-5+/t12?,14-,15?/m0/s1. The predicted octanol–water partition coefficient (Wildman–Crippen LogP) is 0.228. The Hall–Kier alpha value is -1.51. The van der Waals surface area contributed by atoms with Gasteiger partial charge >= 0.3 is 0 Å². The van der Waals surface area contributed by atoms with E-state index in [9.17, 15) is 9.90 Å². The zero-order chi connectivity index (χ0) is 16.3. The molecular formula is C15H20O7. The summed E-state index contributed by atoms with van der Waals surface area (Å²) in [6, 6.07) is 3.16. The molecule has 7 nitrogen and oxygen atoms in total. The summed E-state index contributed by atoms with van der Waals surface area (Å²) in [7, 11) is 0. The van der Waals surface area contributed by atoms with E-state index < -0.39 is 30.9 Å². The molecule has 122 valence electrons. The monoisotopic (exact) mass is 312 g/mol. The average Bonchev–Trinajstić information content (AvgIpc) is 3.06. The van der Waals surface area contributed by atoms with Crippen LogP contribution in [0.1, 0.15) is 25.4 Å². The molecule has 3 N–H and O–H groups in total. The summed E-state index contributed by atoms with van der Waals surface area (Å²) < 4.78 is 16.1. The lowest BCUT2D eigenvalue weighted by atomic mass is 10.0. The molecule has 2 heterocycles. The molecule has 1 fully saturated rings. The van der Waals surface area contributed by atoms with Crippen LogP contribution in [0.5, 0.6) is 0 Å². The summed E-state index contributed by atoms with van der Waals surface area (Å²) in [6.45, 7) is 2.71. The largest absolute Gasteiger partial charge is 0.459 e. The lowest BCUT2D eigenvalue weighted by molar-refractivity contribution is -0.179. The van der Waals surface area contributed by atoms with Crippen LogP contribution in [0, 0.1) is 0 Å². The topological polar surface area (TPSA) is 109 Å². The van der Waals surface area contributed by atoms with Crippen LogP contribution in [0.4, 0.5) is 0 Å². The van der Waals surface area contributed by atoms with E-state index in [1.807, 2.05) is 0 Å². The average molecular weight is 312 g/mol. The molecule has 0 amide bonds. The molecule has 2 rings (SSSR count). The van der Waals surface area contributed by atoms with Gasteiger partial charge in [-0.3, -0.25) is 4.79 Å². The molecule has 0 aliphatic carbocycles. The van der Waals surface area contributed by atoms with Crippen LogP contribution < -0.4 is 0 Å².